The number of aryl methyl sites for hydroxylation is 2. The SMILES string of the molecule is CCCCn1c(SC/C=C(/C)Cl)nc2c1c(=O)[nH]c(=O)n2C. The van der Waals surface area contributed by atoms with E-state index in [1.807, 2.05) is 17.6 Å². The number of aromatic amines is 1. The second-order valence-corrected chi connectivity index (χ2v) is 6.58. The van der Waals surface area contributed by atoms with Crippen molar-refractivity contribution in [1.29, 1.82) is 0 Å². The van der Waals surface area contributed by atoms with Crippen molar-refractivity contribution in [2.75, 3.05) is 5.75 Å². The van der Waals surface area contributed by atoms with E-state index in [2.05, 4.69) is 16.9 Å². The van der Waals surface area contributed by atoms with E-state index in [9.17, 15) is 9.59 Å². The number of fused-ring (bicyclic) bond motifs is 1. The number of imidazole rings is 1. The molecule has 0 unspecified atom stereocenters. The molecule has 0 saturated carbocycles. The fraction of sp³-hybridized carbons (Fsp3) is 0.500. The van der Waals surface area contributed by atoms with E-state index >= 15 is 0 Å². The van der Waals surface area contributed by atoms with E-state index in [1.54, 1.807) is 7.05 Å². The van der Waals surface area contributed by atoms with Crippen LogP contribution in [0.5, 0.6) is 0 Å². The Kier molecular flexibility index (Phi) is 5.52. The van der Waals surface area contributed by atoms with Crippen LogP contribution in [-0.2, 0) is 13.6 Å². The number of unbranched alkanes of at least 4 members (excludes halogenated alkanes) is 1. The zero-order chi connectivity index (χ0) is 16.3. The first kappa shape index (κ1) is 16.9. The molecule has 2 aromatic rings. The zero-order valence-electron chi connectivity index (χ0n) is 12.9. The minimum absolute atomic E-state index is 0.391. The molecule has 0 saturated heterocycles. The van der Waals surface area contributed by atoms with E-state index in [0.29, 0.717) is 28.5 Å². The van der Waals surface area contributed by atoms with Crippen LogP contribution in [0.3, 0.4) is 0 Å². The van der Waals surface area contributed by atoms with E-state index in [-0.39, 0.29) is 0 Å². The highest BCUT2D eigenvalue weighted by Crippen LogP contribution is 2.22. The van der Waals surface area contributed by atoms with E-state index in [4.69, 9.17) is 11.6 Å². The summed E-state index contributed by atoms with van der Waals surface area (Å²) in [6.07, 6.45) is 3.83. The fourth-order valence-electron chi connectivity index (χ4n) is 2.08. The van der Waals surface area contributed by atoms with Crippen molar-refractivity contribution in [2.24, 2.45) is 7.05 Å². The molecule has 120 valence electrons. The summed E-state index contributed by atoms with van der Waals surface area (Å²) in [5.74, 6) is 0.663. The van der Waals surface area contributed by atoms with Crippen LogP contribution in [-0.4, -0.2) is 24.9 Å². The van der Waals surface area contributed by atoms with Crippen LogP contribution in [0.25, 0.3) is 11.2 Å². The van der Waals surface area contributed by atoms with Crippen molar-refractivity contribution in [2.45, 2.75) is 38.4 Å². The minimum atomic E-state index is -0.453. The maximum Gasteiger partial charge on any atom is 0.329 e. The first-order valence-electron chi connectivity index (χ1n) is 7.10. The third-order valence-electron chi connectivity index (χ3n) is 3.28. The van der Waals surface area contributed by atoms with Crippen LogP contribution in [0.15, 0.2) is 25.9 Å². The minimum Gasteiger partial charge on any atom is -0.313 e. The van der Waals surface area contributed by atoms with Crippen LogP contribution in [0.2, 0.25) is 0 Å². The fourth-order valence-corrected chi connectivity index (χ4v) is 3.22. The van der Waals surface area contributed by atoms with Crippen LogP contribution < -0.4 is 11.2 Å². The van der Waals surface area contributed by atoms with Gasteiger partial charge in [-0.2, -0.15) is 0 Å². The standard InChI is InChI=1S/C14H19ClN4O2S/c1-4-5-7-19-10-11(18(3)13(21)17-12(10)20)16-14(19)22-8-6-9(2)15/h6H,4-5,7-8H2,1-3H3,(H,17,20,21)/b9-6-. The topological polar surface area (TPSA) is 72.7 Å². The van der Waals surface area contributed by atoms with Gasteiger partial charge in [-0.3, -0.25) is 14.3 Å². The lowest BCUT2D eigenvalue weighted by atomic mass is 10.3. The lowest BCUT2D eigenvalue weighted by Crippen LogP contribution is -2.29. The lowest BCUT2D eigenvalue weighted by molar-refractivity contribution is 0.600. The highest BCUT2D eigenvalue weighted by molar-refractivity contribution is 7.99. The van der Waals surface area contributed by atoms with Crippen molar-refractivity contribution in [3.63, 3.8) is 0 Å². The number of aromatic nitrogens is 4. The normalized spacial score (nSPS) is 12.3. The van der Waals surface area contributed by atoms with Gasteiger partial charge in [0.2, 0.25) is 0 Å². The van der Waals surface area contributed by atoms with Crippen molar-refractivity contribution in [3.8, 4) is 0 Å². The quantitative estimate of drug-likeness (QED) is 0.818. The van der Waals surface area contributed by atoms with Crippen molar-refractivity contribution in [1.82, 2.24) is 19.1 Å². The second-order valence-electron chi connectivity index (χ2n) is 4.99. The molecule has 0 aliphatic carbocycles. The molecule has 6 nitrogen and oxygen atoms in total. The summed E-state index contributed by atoms with van der Waals surface area (Å²) in [5, 5.41) is 1.44. The van der Waals surface area contributed by atoms with Crippen LogP contribution in [0.1, 0.15) is 26.7 Å². The summed E-state index contributed by atoms with van der Waals surface area (Å²) in [5.41, 5.74) is 0.0202. The molecule has 2 rings (SSSR count). The largest absolute Gasteiger partial charge is 0.329 e. The molecule has 0 bridgehead atoms. The molecule has 0 aromatic carbocycles. The summed E-state index contributed by atoms with van der Waals surface area (Å²) in [6, 6.07) is 0. The van der Waals surface area contributed by atoms with E-state index in [1.165, 1.54) is 16.3 Å². The highest BCUT2D eigenvalue weighted by atomic mass is 35.5. The average Bonchev–Trinajstić information content (AvgIpc) is 2.81. The summed E-state index contributed by atoms with van der Waals surface area (Å²) < 4.78 is 3.26. The number of thioether (sulfide) groups is 1. The highest BCUT2D eigenvalue weighted by Gasteiger charge is 2.16. The Morgan fingerprint density at radius 2 is 2.18 bits per heavy atom. The molecule has 0 aliphatic rings. The Balaban J connectivity index is 2.56. The molecule has 0 spiro atoms. The number of allylic oxidation sites excluding steroid dienone is 1. The molecule has 2 heterocycles. The second kappa shape index (κ2) is 7.19. The van der Waals surface area contributed by atoms with Gasteiger partial charge in [0.05, 0.1) is 0 Å². The third-order valence-corrected chi connectivity index (χ3v) is 4.34. The van der Waals surface area contributed by atoms with Gasteiger partial charge in [0.15, 0.2) is 16.3 Å². The molecular formula is C14H19ClN4O2S. The molecule has 22 heavy (non-hydrogen) atoms. The van der Waals surface area contributed by atoms with E-state index in [0.717, 1.165) is 18.0 Å². The summed E-state index contributed by atoms with van der Waals surface area (Å²) in [6.45, 7) is 4.60. The van der Waals surface area contributed by atoms with Gasteiger partial charge >= 0.3 is 5.69 Å². The molecular weight excluding hydrogens is 324 g/mol. The Morgan fingerprint density at radius 3 is 2.82 bits per heavy atom. The number of nitrogens with zero attached hydrogens (tertiary/aromatic N) is 3. The maximum atomic E-state index is 12.2. The van der Waals surface area contributed by atoms with Gasteiger partial charge in [-0.15, -0.1) is 0 Å². The lowest BCUT2D eigenvalue weighted by Gasteiger charge is -2.06. The van der Waals surface area contributed by atoms with Gasteiger partial charge in [0.1, 0.15) is 0 Å². The summed E-state index contributed by atoms with van der Waals surface area (Å²) in [4.78, 5) is 30.7. The molecule has 0 fully saturated rings. The molecule has 8 heteroatoms. The Morgan fingerprint density at radius 1 is 1.45 bits per heavy atom. The van der Waals surface area contributed by atoms with Gasteiger partial charge in [-0.05, 0) is 13.3 Å². The summed E-state index contributed by atoms with van der Waals surface area (Å²) in [7, 11) is 1.61. The van der Waals surface area contributed by atoms with Gasteiger partial charge in [0, 0.05) is 24.4 Å². The van der Waals surface area contributed by atoms with Gasteiger partial charge in [-0.25, -0.2) is 9.78 Å². The number of halogens is 1. The number of hydrogen-bond donors (Lipinski definition) is 1. The smallest absolute Gasteiger partial charge is 0.313 e. The predicted molar refractivity (Wildman–Crippen MR) is 90.8 cm³/mol. The number of hydrogen-bond acceptors (Lipinski definition) is 4. The van der Waals surface area contributed by atoms with Crippen molar-refractivity contribution >= 4 is 34.5 Å². The number of rotatable bonds is 6. The Bertz CT molecular complexity index is 815. The first-order valence-corrected chi connectivity index (χ1v) is 8.46. The molecule has 1 N–H and O–H groups in total. The summed E-state index contributed by atoms with van der Waals surface area (Å²) >= 11 is 7.34. The van der Waals surface area contributed by atoms with Gasteiger partial charge in [-0.1, -0.05) is 42.8 Å². The Hall–Kier alpha value is -1.47. The van der Waals surface area contributed by atoms with Crippen molar-refractivity contribution < 1.29 is 0 Å². The van der Waals surface area contributed by atoms with E-state index < -0.39 is 11.2 Å². The number of H-pyrrole nitrogens is 1. The molecule has 0 atom stereocenters. The monoisotopic (exact) mass is 342 g/mol. The molecule has 0 radical (unpaired) electrons. The Labute approximate surface area is 137 Å². The first-order chi connectivity index (χ1) is 10.5. The maximum absolute atomic E-state index is 12.2. The van der Waals surface area contributed by atoms with Gasteiger partial charge in [0.25, 0.3) is 5.56 Å². The third kappa shape index (κ3) is 3.47. The van der Waals surface area contributed by atoms with Gasteiger partial charge < -0.3 is 4.57 Å². The van der Waals surface area contributed by atoms with Crippen LogP contribution >= 0.6 is 23.4 Å². The zero-order valence-corrected chi connectivity index (χ0v) is 14.4. The molecule has 0 amide bonds. The van der Waals surface area contributed by atoms with Crippen LogP contribution in [0, 0.1) is 0 Å². The van der Waals surface area contributed by atoms with Crippen LogP contribution in [0.4, 0.5) is 0 Å². The number of nitrogens with one attached hydrogen (secondary N) is 1. The predicted octanol–water partition coefficient (Wildman–Crippen LogP) is 2.46. The average molecular weight is 343 g/mol. The van der Waals surface area contributed by atoms with Crippen molar-refractivity contribution in [3.05, 3.63) is 31.9 Å². The molecule has 2 aromatic heterocycles. The molecule has 0 aliphatic heterocycles.